The summed E-state index contributed by atoms with van der Waals surface area (Å²) in [5, 5.41) is 5.60. The third-order valence-electron chi connectivity index (χ3n) is 2.91. The van der Waals surface area contributed by atoms with E-state index in [-0.39, 0.29) is 6.17 Å². The van der Waals surface area contributed by atoms with Crippen molar-refractivity contribution in [3.63, 3.8) is 0 Å². The molecule has 1 amide bonds. The van der Waals surface area contributed by atoms with Gasteiger partial charge in [0.05, 0.1) is 7.11 Å². The molecule has 0 bridgehead atoms. The van der Waals surface area contributed by atoms with Crippen LogP contribution in [0.15, 0.2) is 24.4 Å². The van der Waals surface area contributed by atoms with E-state index in [4.69, 9.17) is 4.84 Å². The lowest BCUT2D eigenvalue weighted by Crippen LogP contribution is -2.43. The van der Waals surface area contributed by atoms with E-state index in [0.717, 1.165) is 12.1 Å². The van der Waals surface area contributed by atoms with Gasteiger partial charge in [0.1, 0.15) is 6.17 Å². The first-order valence-electron chi connectivity index (χ1n) is 6.09. The minimum Gasteiger partial charge on any atom is -0.388 e. The van der Waals surface area contributed by atoms with Crippen molar-refractivity contribution in [1.82, 2.24) is 16.1 Å². The summed E-state index contributed by atoms with van der Waals surface area (Å²) in [7, 11) is 3.42. The van der Waals surface area contributed by atoms with Crippen LogP contribution in [-0.2, 0) is 9.63 Å². The Labute approximate surface area is 110 Å². The van der Waals surface area contributed by atoms with E-state index in [2.05, 4.69) is 29.6 Å². The highest BCUT2D eigenvalue weighted by Crippen LogP contribution is 2.39. The number of likely N-dealkylation sites (N-methyl/N-ethyl adjacent to an activating group) is 1. The molecule has 0 spiro atoms. The zero-order chi connectivity index (χ0) is 14.0. The molecule has 0 saturated heterocycles. The number of carbonyl (C=O) groups is 1. The first-order valence-corrected chi connectivity index (χ1v) is 6.09. The second-order valence-corrected chi connectivity index (χ2v) is 4.16. The van der Waals surface area contributed by atoms with E-state index in [9.17, 15) is 4.79 Å². The standard InChI is InChI=1S/C7H14N2O2.C6H11N/c1-5-3-6(5)7(8-4-10)9-11-2;1-4-6(5-2)7-3/h4-7,9H,3H2,1-2H3,(H,8,10);4-5,7H,1H2,2-3H3/b;6-5+. The summed E-state index contributed by atoms with van der Waals surface area (Å²) in [6, 6.07) is 0. The van der Waals surface area contributed by atoms with Crippen molar-refractivity contribution in [1.29, 1.82) is 0 Å². The molecule has 104 valence electrons. The molecule has 1 rings (SSSR count). The minimum absolute atomic E-state index is 0.0208. The van der Waals surface area contributed by atoms with Crippen molar-refractivity contribution in [3.05, 3.63) is 24.4 Å². The number of hydrogen-bond donors (Lipinski definition) is 3. The van der Waals surface area contributed by atoms with E-state index >= 15 is 0 Å². The molecule has 0 aromatic rings. The van der Waals surface area contributed by atoms with E-state index in [1.807, 2.05) is 20.0 Å². The van der Waals surface area contributed by atoms with E-state index in [1.165, 1.54) is 0 Å². The summed E-state index contributed by atoms with van der Waals surface area (Å²) >= 11 is 0. The molecule has 0 heterocycles. The summed E-state index contributed by atoms with van der Waals surface area (Å²) in [6.45, 7) is 7.69. The van der Waals surface area contributed by atoms with Gasteiger partial charge in [0.15, 0.2) is 0 Å². The van der Waals surface area contributed by atoms with E-state index in [0.29, 0.717) is 18.2 Å². The largest absolute Gasteiger partial charge is 0.388 e. The Morgan fingerprint density at radius 3 is 2.39 bits per heavy atom. The highest BCUT2D eigenvalue weighted by Gasteiger charge is 2.39. The number of hydroxylamine groups is 1. The lowest BCUT2D eigenvalue weighted by atomic mass is 10.3. The van der Waals surface area contributed by atoms with Gasteiger partial charge in [0.2, 0.25) is 6.41 Å². The number of hydrogen-bond acceptors (Lipinski definition) is 4. The van der Waals surface area contributed by atoms with Crippen molar-refractivity contribution in [2.45, 2.75) is 26.4 Å². The molecular formula is C13H25N3O2. The van der Waals surface area contributed by atoms with Gasteiger partial charge in [0.25, 0.3) is 0 Å². The smallest absolute Gasteiger partial charge is 0.208 e. The highest BCUT2D eigenvalue weighted by atomic mass is 16.6. The molecule has 1 saturated carbocycles. The van der Waals surface area contributed by atoms with Gasteiger partial charge >= 0.3 is 0 Å². The van der Waals surface area contributed by atoms with E-state index in [1.54, 1.807) is 13.2 Å². The molecule has 0 radical (unpaired) electrons. The highest BCUT2D eigenvalue weighted by molar-refractivity contribution is 5.46. The summed E-state index contributed by atoms with van der Waals surface area (Å²) in [5.74, 6) is 1.22. The summed E-state index contributed by atoms with van der Waals surface area (Å²) in [5.41, 5.74) is 3.80. The third-order valence-corrected chi connectivity index (χ3v) is 2.91. The van der Waals surface area contributed by atoms with Crippen LogP contribution in [0, 0.1) is 11.8 Å². The molecule has 1 aliphatic rings. The Morgan fingerprint density at radius 2 is 2.17 bits per heavy atom. The second-order valence-electron chi connectivity index (χ2n) is 4.16. The van der Waals surface area contributed by atoms with Gasteiger partial charge in [-0.15, -0.1) is 0 Å². The molecule has 18 heavy (non-hydrogen) atoms. The summed E-state index contributed by atoms with van der Waals surface area (Å²) in [4.78, 5) is 14.9. The van der Waals surface area contributed by atoms with Crippen LogP contribution in [0.2, 0.25) is 0 Å². The fourth-order valence-electron chi connectivity index (χ4n) is 1.62. The Balaban J connectivity index is 0.000000360. The molecule has 1 fully saturated rings. The Kier molecular flexibility index (Phi) is 8.96. The molecular weight excluding hydrogens is 230 g/mol. The predicted octanol–water partition coefficient (Wildman–Crippen LogP) is 1.16. The average molecular weight is 255 g/mol. The van der Waals surface area contributed by atoms with Crippen LogP contribution < -0.4 is 16.1 Å². The van der Waals surface area contributed by atoms with Crippen molar-refractivity contribution in [2.24, 2.45) is 11.8 Å². The quantitative estimate of drug-likeness (QED) is 0.276. The van der Waals surface area contributed by atoms with Crippen LogP contribution in [0.1, 0.15) is 20.3 Å². The maximum Gasteiger partial charge on any atom is 0.208 e. The molecule has 0 aromatic carbocycles. The minimum atomic E-state index is -0.0208. The van der Waals surface area contributed by atoms with Gasteiger partial charge in [-0.3, -0.25) is 4.79 Å². The Morgan fingerprint density at radius 1 is 1.56 bits per heavy atom. The van der Waals surface area contributed by atoms with Crippen molar-refractivity contribution in [2.75, 3.05) is 14.2 Å². The van der Waals surface area contributed by atoms with Gasteiger partial charge < -0.3 is 15.5 Å². The fourth-order valence-corrected chi connectivity index (χ4v) is 1.62. The SMILES string of the molecule is C=C/C(=C\C)NC.CONC(NC=O)C1CC1C. The number of allylic oxidation sites excluding steroid dienone is 2. The zero-order valence-corrected chi connectivity index (χ0v) is 11.7. The number of rotatable bonds is 7. The summed E-state index contributed by atoms with van der Waals surface area (Å²) < 4.78 is 0. The lowest BCUT2D eigenvalue weighted by molar-refractivity contribution is -0.111. The van der Waals surface area contributed by atoms with Crippen molar-refractivity contribution < 1.29 is 9.63 Å². The van der Waals surface area contributed by atoms with Crippen molar-refractivity contribution >= 4 is 6.41 Å². The number of nitrogens with one attached hydrogen (secondary N) is 3. The van der Waals surface area contributed by atoms with Crippen LogP contribution in [-0.4, -0.2) is 26.7 Å². The van der Waals surface area contributed by atoms with Gasteiger partial charge in [-0.05, 0) is 31.3 Å². The topological polar surface area (TPSA) is 62.4 Å². The number of amides is 1. The lowest BCUT2D eigenvalue weighted by Gasteiger charge is -2.15. The third kappa shape index (κ3) is 6.42. The molecule has 0 aliphatic heterocycles. The molecule has 1 aliphatic carbocycles. The van der Waals surface area contributed by atoms with Crippen LogP contribution >= 0.6 is 0 Å². The van der Waals surface area contributed by atoms with Crippen LogP contribution in [0.25, 0.3) is 0 Å². The fraction of sp³-hybridized carbons (Fsp3) is 0.615. The molecule has 3 N–H and O–H groups in total. The normalized spacial score (nSPS) is 23.2. The number of carbonyl (C=O) groups excluding carboxylic acids is 1. The maximum atomic E-state index is 10.1. The molecule has 5 heteroatoms. The molecule has 0 aromatic heterocycles. The summed E-state index contributed by atoms with van der Waals surface area (Å²) in [6.07, 6.45) is 5.57. The van der Waals surface area contributed by atoms with Gasteiger partial charge in [0, 0.05) is 12.7 Å². The predicted molar refractivity (Wildman–Crippen MR) is 73.4 cm³/mol. The van der Waals surface area contributed by atoms with Crippen LogP contribution in [0.4, 0.5) is 0 Å². The van der Waals surface area contributed by atoms with Gasteiger partial charge in [-0.2, -0.15) is 5.48 Å². The zero-order valence-electron chi connectivity index (χ0n) is 11.7. The first-order chi connectivity index (χ1) is 8.64. The Bertz CT molecular complexity index is 279. The second kappa shape index (κ2) is 9.67. The Hall–Kier alpha value is -1.33. The van der Waals surface area contributed by atoms with E-state index < -0.39 is 0 Å². The first kappa shape index (κ1) is 16.7. The monoisotopic (exact) mass is 255 g/mol. The molecule has 3 unspecified atom stereocenters. The van der Waals surface area contributed by atoms with Gasteiger partial charge in [-0.25, -0.2) is 0 Å². The maximum absolute atomic E-state index is 10.1. The van der Waals surface area contributed by atoms with Crippen molar-refractivity contribution in [3.8, 4) is 0 Å². The molecule has 5 nitrogen and oxygen atoms in total. The van der Waals surface area contributed by atoms with Crippen LogP contribution in [0.3, 0.4) is 0 Å². The molecule has 3 atom stereocenters. The van der Waals surface area contributed by atoms with Gasteiger partial charge in [-0.1, -0.05) is 19.6 Å². The average Bonchev–Trinajstić information content (AvgIpc) is 3.09. The van der Waals surface area contributed by atoms with Crippen LogP contribution in [0.5, 0.6) is 0 Å².